The van der Waals surface area contributed by atoms with Crippen LogP contribution in [0.15, 0.2) is 18.2 Å². The Morgan fingerprint density at radius 3 is 2.86 bits per heavy atom. The molecule has 2 rings (SSSR count). The first-order valence-corrected chi connectivity index (χ1v) is 9.29. The van der Waals surface area contributed by atoms with Crippen LogP contribution >= 0.6 is 23.4 Å². The highest BCUT2D eigenvalue weighted by molar-refractivity contribution is 8.00. The zero-order valence-corrected chi connectivity index (χ0v) is 15.1. The molecule has 0 saturated carbocycles. The van der Waals surface area contributed by atoms with Gasteiger partial charge in [0.05, 0.1) is 0 Å². The van der Waals surface area contributed by atoms with Gasteiger partial charge >= 0.3 is 0 Å². The molecule has 0 amide bonds. The number of thioether (sulfide) groups is 1. The maximum absolute atomic E-state index is 6.48. The van der Waals surface area contributed by atoms with Gasteiger partial charge in [-0.05, 0) is 31.5 Å². The molecule has 4 heteroatoms. The molecule has 1 heterocycles. The predicted octanol–water partition coefficient (Wildman–Crippen LogP) is 4.42. The normalized spacial score (nSPS) is 22.9. The summed E-state index contributed by atoms with van der Waals surface area (Å²) >= 11 is 8.54. The zero-order chi connectivity index (χ0) is 15.4. The molecule has 1 aliphatic rings. The average molecular weight is 327 g/mol. The minimum atomic E-state index is 0.547. The SMILES string of the molecule is CC(C)CNCc1c(Cl)cccc1N1CCSC(C)C1C. The van der Waals surface area contributed by atoms with Crippen LogP contribution in [-0.2, 0) is 6.54 Å². The first-order chi connectivity index (χ1) is 10.0. The second kappa shape index (κ2) is 7.75. The van der Waals surface area contributed by atoms with Gasteiger partial charge < -0.3 is 10.2 Å². The summed E-state index contributed by atoms with van der Waals surface area (Å²) in [5, 5.41) is 5.07. The summed E-state index contributed by atoms with van der Waals surface area (Å²) in [6.07, 6.45) is 0. The summed E-state index contributed by atoms with van der Waals surface area (Å²) in [7, 11) is 0. The summed E-state index contributed by atoms with van der Waals surface area (Å²) < 4.78 is 0. The molecule has 1 fully saturated rings. The highest BCUT2D eigenvalue weighted by atomic mass is 35.5. The number of hydrogen-bond donors (Lipinski definition) is 1. The second-order valence-corrected chi connectivity index (χ2v) is 8.16. The van der Waals surface area contributed by atoms with E-state index in [-0.39, 0.29) is 0 Å². The fourth-order valence-electron chi connectivity index (χ4n) is 2.75. The van der Waals surface area contributed by atoms with Gasteiger partial charge in [0.25, 0.3) is 0 Å². The van der Waals surface area contributed by atoms with Crippen molar-refractivity contribution in [1.82, 2.24) is 5.32 Å². The minimum absolute atomic E-state index is 0.547. The molecule has 1 aliphatic heterocycles. The Morgan fingerprint density at radius 2 is 2.14 bits per heavy atom. The van der Waals surface area contributed by atoms with E-state index >= 15 is 0 Å². The third-order valence-electron chi connectivity index (χ3n) is 4.14. The van der Waals surface area contributed by atoms with Gasteiger partial charge in [-0.1, -0.05) is 38.4 Å². The van der Waals surface area contributed by atoms with E-state index in [1.165, 1.54) is 17.0 Å². The first kappa shape index (κ1) is 17.0. The molecule has 1 saturated heterocycles. The summed E-state index contributed by atoms with van der Waals surface area (Å²) in [5.41, 5.74) is 2.55. The molecule has 118 valence electrons. The van der Waals surface area contributed by atoms with Gasteiger partial charge in [-0.25, -0.2) is 0 Å². The minimum Gasteiger partial charge on any atom is -0.367 e. The van der Waals surface area contributed by atoms with Gasteiger partial charge in [-0.2, -0.15) is 11.8 Å². The smallest absolute Gasteiger partial charge is 0.0471 e. The van der Waals surface area contributed by atoms with Crippen LogP contribution in [0.25, 0.3) is 0 Å². The lowest BCUT2D eigenvalue weighted by Crippen LogP contribution is -2.45. The van der Waals surface area contributed by atoms with Crippen molar-refractivity contribution in [1.29, 1.82) is 0 Å². The summed E-state index contributed by atoms with van der Waals surface area (Å²) in [6, 6.07) is 6.84. The second-order valence-electron chi connectivity index (χ2n) is 6.27. The number of anilines is 1. The van der Waals surface area contributed by atoms with E-state index < -0.39 is 0 Å². The predicted molar refractivity (Wildman–Crippen MR) is 96.7 cm³/mol. The molecule has 0 radical (unpaired) electrons. The third-order valence-corrected chi connectivity index (χ3v) is 5.83. The van der Waals surface area contributed by atoms with E-state index in [9.17, 15) is 0 Å². The molecular weight excluding hydrogens is 300 g/mol. The lowest BCUT2D eigenvalue weighted by Gasteiger charge is -2.40. The van der Waals surface area contributed by atoms with Gasteiger partial charge in [-0.15, -0.1) is 0 Å². The van der Waals surface area contributed by atoms with E-state index in [1.54, 1.807) is 0 Å². The highest BCUT2D eigenvalue weighted by Gasteiger charge is 2.27. The average Bonchev–Trinajstić information content (AvgIpc) is 2.43. The highest BCUT2D eigenvalue weighted by Crippen LogP contribution is 2.34. The zero-order valence-electron chi connectivity index (χ0n) is 13.5. The molecule has 1 aromatic rings. The van der Waals surface area contributed by atoms with Crippen molar-refractivity contribution in [3.63, 3.8) is 0 Å². The van der Waals surface area contributed by atoms with Gasteiger partial charge in [0.15, 0.2) is 0 Å². The Kier molecular flexibility index (Phi) is 6.27. The van der Waals surface area contributed by atoms with E-state index in [0.717, 1.165) is 24.7 Å². The van der Waals surface area contributed by atoms with Crippen molar-refractivity contribution < 1.29 is 0 Å². The van der Waals surface area contributed by atoms with Crippen molar-refractivity contribution in [3.05, 3.63) is 28.8 Å². The third kappa shape index (κ3) is 4.30. The largest absolute Gasteiger partial charge is 0.367 e. The monoisotopic (exact) mass is 326 g/mol. The number of nitrogens with zero attached hydrogens (tertiary/aromatic N) is 1. The first-order valence-electron chi connectivity index (χ1n) is 7.87. The molecule has 1 aromatic carbocycles. The number of nitrogens with one attached hydrogen (secondary N) is 1. The van der Waals surface area contributed by atoms with Crippen LogP contribution < -0.4 is 10.2 Å². The molecule has 1 N–H and O–H groups in total. The summed E-state index contributed by atoms with van der Waals surface area (Å²) in [5.74, 6) is 1.85. The molecule has 2 atom stereocenters. The van der Waals surface area contributed by atoms with Crippen LogP contribution in [0.3, 0.4) is 0 Å². The number of rotatable bonds is 5. The van der Waals surface area contributed by atoms with E-state index in [2.05, 4.69) is 61.8 Å². The van der Waals surface area contributed by atoms with Crippen LogP contribution in [0.1, 0.15) is 33.3 Å². The van der Waals surface area contributed by atoms with Crippen LogP contribution in [-0.4, -0.2) is 30.1 Å². The van der Waals surface area contributed by atoms with Crippen molar-refractivity contribution in [2.75, 3.05) is 23.7 Å². The van der Waals surface area contributed by atoms with Crippen molar-refractivity contribution >= 4 is 29.1 Å². The molecule has 0 aliphatic carbocycles. The van der Waals surface area contributed by atoms with E-state index in [4.69, 9.17) is 11.6 Å². The van der Waals surface area contributed by atoms with E-state index in [0.29, 0.717) is 17.2 Å². The van der Waals surface area contributed by atoms with Gasteiger partial charge in [0.1, 0.15) is 0 Å². The number of hydrogen-bond acceptors (Lipinski definition) is 3. The van der Waals surface area contributed by atoms with Crippen molar-refractivity contribution in [2.45, 2.75) is 45.5 Å². The Hall–Kier alpha value is -0.380. The van der Waals surface area contributed by atoms with Gasteiger partial charge in [-0.3, -0.25) is 0 Å². The maximum atomic E-state index is 6.48. The Balaban J connectivity index is 2.20. The molecule has 2 nitrogen and oxygen atoms in total. The quantitative estimate of drug-likeness (QED) is 0.862. The summed E-state index contributed by atoms with van der Waals surface area (Å²) in [4.78, 5) is 2.53. The van der Waals surface area contributed by atoms with Crippen LogP contribution in [0, 0.1) is 5.92 Å². The van der Waals surface area contributed by atoms with Crippen molar-refractivity contribution in [2.24, 2.45) is 5.92 Å². The molecule has 2 unspecified atom stereocenters. The maximum Gasteiger partial charge on any atom is 0.0471 e. The fourth-order valence-corrected chi connectivity index (χ4v) is 4.09. The number of benzene rings is 1. The number of halogens is 1. The van der Waals surface area contributed by atoms with Crippen LogP contribution in [0.2, 0.25) is 5.02 Å². The summed E-state index contributed by atoms with van der Waals surface area (Å²) in [6.45, 7) is 12.1. The lowest BCUT2D eigenvalue weighted by atomic mass is 10.1. The van der Waals surface area contributed by atoms with Gasteiger partial charge in [0, 0.05) is 46.4 Å². The topological polar surface area (TPSA) is 15.3 Å². The van der Waals surface area contributed by atoms with Crippen LogP contribution in [0.4, 0.5) is 5.69 Å². The van der Waals surface area contributed by atoms with Crippen molar-refractivity contribution in [3.8, 4) is 0 Å². The Labute approximate surface area is 138 Å². The molecule has 21 heavy (non-hydrogen) atoms. The van der Waals surface area contributed by atoms with E-state index in [1.807, 2.05) is 6.07 Å². The lowest BCUT2D eigenvalue weighted by molar-refractivity contribution is 0.550. The van der Waals surface area contributed by atoms with Gasteiger partial charge in [0.2, 0.25) is 0 Å². The molecule has 0 aromatic heterocycles. The molecular formula is C17H27ClN2S. The fraction of sp³-hybridized carbons (Fsp3) is 0.647. The molecule has 0 bridgehead atoms. The van der Waals surface area contributed by atoms with Crippen LogP contribution in [0.5, 0.6) is 0 Å². The standard InChI is InChI=1S/C17H27ClN2S/c1-12(2)10-19-11-15-16(18)6-5-7-17(15)20-8-9-21-14(4)13(20)3/h5-7,12-14,19H,8-11H2,1-4H3. The molecule has 0 spiro atoms. The Bertz CT molecular complexity index is 464. The Morgan fingerprint density at radius 1 is 1.38 bits per heavy atom.